The molecule has 1 saturated heterocycles. The minimum absolute atomic E-state index is 0.160. The first-order valence-corrected chi connectivity index (χ1v) is 7.47. The van der Waals surface area contributed by atoms with E-state index >= 15 is 0 Å². The monoisotopic (exact) mass is 274 g/mol. The van der Waals surface area contributed by atoms with E-state index in [1.807, 2.05) is 12.1 Å². The van der Waals surface area contributed by atoms with Crippen LogP contribution in [0.1, 0.15) is 31.4 Å². The Morgan fingerprint density at radius 3 is 2.50 bits per heavy atom. The van der Waals surface area contributed by atoms with Crippen LogP contribution in [0.2, 0.25) is 0 Å². The van der Waals surface area contributed by atoms with Gasteiger partial charge in [0.05, 0.1) is 5.69 Å². The first-order chi connectivity index (χ1) is 9.54. The lowest BCUT2D eigenvalue weighted by atomic mass is 10.0. The summed E-state index contributed by atoms with van der Waals surface area (Å²) in [5.41, 5.74) is 8.94. The van der Waals surface area contributed by atoms with Crippen molar-refractivity contribution in [3.63, 3.8) is 0 Å². The summed E-state index contributed by atoms with van der Waals surface area (Å²) in [6.45, 7) is 10.8. The smallest absolute Gasteiger partial charge is 0.124 e. The molecule has 20 heavy (non-hydrogen) atoms. The van der Waals surface area contributed by atoms with Crippen molar-refractivity contribution in [1.82, 2.24) is 4.90 Å². The second-order valence-electron chi connectivity index (χ2n) is 5.67. The maximum Gasteiger partial charge on any atom is 0.124 e. The van der Waals surface area contributed by atoms with Gasteiger partial charge in [-0.3, -0.25) is 10.3 Å². The third-order valence-corrected chi connectivity index (χ3v) is 4.37. The third kappa shape index (κ3) is 2.96. The van der Waals surface area contributed by atoms with Crippen molar-refractivity contribution in [2.75, 3.05) is 31.1 Å². The van der Waals surface area contributed by atoms with Gasteiger partial charge >= 0.3 is 0 Å². The molecule has 0 amide bonds. The summed E-state index contributed by atoms with van der Waals surface area (Å²) in [6, 6.07) is 6.68. The second-order valence-corrected chi connectivity index (χ2v) is 5.67. The normalized spacial score (nSPS) is 18.1. The van der Waals surface area contributed by atoms with Gasteiger partial charge in [0, 0.05) is 37.8 Å². The van der Waals surface area contributed by atoms with Gasteiger partial charge in [-0.25, -0.2) is 0 Å². The minimum atomic E-state index is 0.160. The van der Waals surface area contributed by atoms with E-state index in [9.17, 15) is 0 Å². The quantitative estimate of drug-likeness (QED) is 0.654. The number of nitrogens with two attached hydrogens (primary N) is 1. The summed E-state index contributed by atoms with van der Waals surface area (Å²) < 4.78 is 0. The van der Waals surface area contributed by atoms with Gasteiger partial charge in [-0.15, -0.1) is 0 Å². The standard InChI is InChI=1S/C16H26N4/c1-4-13(3)19-8-10-20(11-9-19)15-12(2)6-5-7-14(15)16(17)18/h5-7,13H,4,8-11H2,1-3H3,(H3,17,18). The molecule has 1 fully saturated rings. The first-order valence-electron chi connectivity index (χ1n) is 7.47. The van der Waals surface area contributed by atoms with E-state index in [0.717, 1.165) is 37.4 Å². The Morgan fingerprint density at radius 2 is 1.95 bits per heavy atom. The van der Waals surface area contributed by atoms with E-state index in [2.05, 4.69) is 36.6 Å². The summed E-state index contributed by atoms with van der Waals surface area (Å²) in [5, 5.41) is 7.77. The lowest BCUT2D eigenvalue weighted by Crippen LogP contribution is -2.50. The highest BCUT2D eigenvalue weighted by Crippen LogP contribution is 2.26. The van der Waals surface area contributed by atoms with Gasteiger partial charge in [-0.05, 0) is 31.9 Å². The lowest BCUT2D eigenvalue weighted by molar-refractivity contribution is 0.193. The Kier molecular flexibility index (Phi) is 4.65. The molecule has 4 nitrogen and oxygen atoms in total. The van der Waals surface area contributed by atoms with Crippen molar-refractivity contribution < 1.29 is 0 Å². The van der Waals surface area contributed by atoms with Crippen molar-refractivity contribution in [2.45, 2.75) is 33.2 Å². The number of aryl methyl sites for hydroxylation is 1. The van der Waals surface area contributed by atoms with Crippen LogP contribution >= 0.6 is 0 Å². The molecule has 1 aliphatic rings. The molecular weight excluding hydrogens is 248 g/mol. The van der Waals surface area contributed by atoms with Gasteiger partial charge in [-0.2, -0.15) is 0 Å². The molecule has 1 aliphatic heterocycles. The van der Waals surface area contributed by atoms with Crippen LogP contribution in [0.4, 0.5) is 5.69 Å². The van der Waals surface area contributed by atoms with E-state index in [1.54, 1.807) is 0 Å². The lowest BCUT2D eigenvalue weighted by Gasteiger charge is -2.40. The summed E-state index contributed by atoms with van der Waals surface area (Å²) >= 11 is 0. The largest absolute Gasteiger partial charge is 0.384 e. The fraction of sp³-hybridized carbons (Fsp3) is 0.562. The number of benzene rings is 1. The van der Waals surface area contributed by atoms with Gasteiger partial charge in [0.2, 0.25) is 0 Å². The Morgan fingerprint density at radius 1 is 1.30 bits per heavy atom. The van der Waals surface area contributed by atoms with Crippen LogP contribution in [0.15, 0.2) is 18.2 Å². The topological polar surface area (TPSA) is 56.4 Å². The number of nitrogens with zero attached hydrogens (tertiary/aromatic N) is 2. The molecule has 2 rings (SSSR count). The predicted octanol–water partition coefficient (Wildman–Crippen LogP) is 2.20. The predicted molar refractivity (Wildman–Crippen MR) is 85.7 cm³/mol. The molecule has 0 bridgehead atoms. The number of piperazine rings is 1. The molecule has 4 heteroatoms. The number of nitrogen functional groups attached to an aromatic ring is 1. The van der Waals surface area contributed by atoms with Gasteiger partial charge in [0.15, 0.2) is 0 Å². The first kappa shape index (κ1) is 14.9. The van der Waals surface area contributed by atoms with Crippen LogP contribution in [0.5, 0.6) is 0 Å². The third-order valence-electron chi connectivity index (χ3n) is 4.37. The Balaban J connectivity index is 2.17. The van der Waals surface area contributed by atoms with Crippen LogP contribution in [-0.2, 0) is 0 Å². The zero-order valence-electron chi connectivity index (χ0n) is 12.8. The number of para-hydroxylation sites is 1. The molecule has 1 aromatic carbocycles. The number of hydrogen-bond donors (Lipinski definition) is 2. The average molecular weight is 274 g/mol. The Labute approximate surface area is 122 Å². The highest BCUT2D eigenvalue weighted by atomic mass is 15.3. The number of hydrogen-bond acceptors (Lipinski definition) is 3. The SMILES string of the molecule is CCC(C)N1CCN(c2c(C)cccc2C(=N)N)CC1. The molecule has 1 heterocycles. The van der Waals surface area contributed by atoms with Crippen molar-refractivity contribution in [2.24, 2.45) is 5.73 Å². The number of nitrogens with one attached hydrogen (secondary N) is 1. The zero-order chi connectivity index (χ0) is 14.7. The summed E-state index contributed by atoms with van der Waals surface area (Å²) in [5.74, 6) is 0.160. The van der Waals surface area contributed by atoms with Gasteiger partial charge in [-0.1, -0.05) is 19.1 Å². The Bertz CT molecular complexity index is 475. The maximum absolute atomic E-state index is 7.77. The van der Waals surface area contributed by atoms with Crippen LogP contribution in [0, 0.1) is 12.3 Å². The van der Waals surface area contributed by atoms with E-state index in [1.165, 1.54) is 12.0 Å². The van der Waals surface area contributed by atoms with E-state index < -0.39 is 0 Å². The van der Waals surface area contributed by atoms with Crippen molar-refractivity contribution in [1.29, 1.82) is 5.41 Å². The van der Waals surface area contributed by atoms with Crippen molar-refractivity contribution >= 4 is 11.5 Å². The molecule has 3 N–H and O–H groups in total. The van der Waals surface area contributed by atoms with Crippen LogP contribution in [0.25, 0.3) is 0 Å². The fourth-order valence-corrected chi connectivity index (χ4v) is 2.94. The van der Waals surface area contributed by atoms with E-state index in [4.69, 9.17) is 11.1 Å². The fourth-order valence-electron chi connectivity index (χ4n) is 2.94. The molecule has 110 valence electrons. The summed E-state index contributed by atoms with van der Waals surface area (Å²) in [4.78, 5) is 4.92. The van der Waals surface area contributed by atoms with E-state index in [0.29, 0.717) is 6.04 Å². The molecule has 1 unspecified atom stereocenters. The Hall–Kier alpha value is -1.55. The summed E-state index contributed by atoms with van der Waals surface area (Å²) in [6.07, 6.45) is 1.20. The van der Waals surface area contributed by atoms with Crippen LogP contribution in [-0.4, -0.2) is 43.0 Å². The second kappa shape index (κ2) is 6.27. The van der Waals surface area contributed by atoms with Gasteiger partial charge in [0.1, 0.15) is 5.84 Å². The molecule has 0 radical (unpaired) electrons. The van der Waals surface area contributed by atoms with Crippen LogP contribution in [0.3, 0.4) is 0 Å². The van der Waals surface area contributed by atoms with Crippen LogP contribution < -0.4 is 10.6 Å². The molecule has 0 spiro atoms. The van der Waals surface area contributed by atoms with Crippen molar-refractivity contribution in [3.8, 4) is 0 Å². The molecule has 0 aromatic heterocycles. The van der Waals surface area contributed by atoms with Gasteiger partial charge in [0.25, 0.3) is 0 Å². The van der Waals surface area contributed by atoms with Gasteiger partial charge < -0.3 is 10.6 Å². The number of amidine groups is 1. The number of anilines is 1. The maximum atomic E-state index is 7.77. The minimum Gasteiger partial charge on any atom is -0.384 e. The summed E-state index contributed by atoms with van der Waals surface area (Å²) in [7, 11) is 0. The number of rotatable bonds is 4. The molecule has 1 atom stereocenters. The molecule has 0 saturated carbocycles. The van der Waals surface area contributed by atoms with E-state index in [-0.39, 0.29) is 5.84 Å². The highest BCUT2D eigenvalue weighted by Gasteiger charge is 2.23. The molecule has 1 aromatic rings. The van der Waals surface area contributed by atoms with Crippen molar-refractivity contribution in [3.05, 3.63) is 29.3 Å². The molecule has 0 aliphatic carbocycles. The average Bonchev–Trinajstić information content (AvgIpc) is 2.46. The molecular formula is C16H26N4. The highest BCUT2D eigenvalue weighted by molar-refractivity contribution is 6.01. The zero-order valence-corrected chi connectivity index (χ0v) is 12.8.